The number of thiophene rings is 1. The van der Waals surface area contributed by atoms with Gasteiger partial charge in [0.2, 0.25) is 11.4 Å². The van der Waals surface area contributed by atoms with Crippen LogP contribution in [-0.2, 0) is 12.8 Å². The Hall–Kier alpha value is -3.25. The molecule has 152 valence electrons. The number of para-hydroxylation sites is 1. The number of halogens is 1. The fraction of sp³-hybridized carbons (Fsp3) is 0.167. The van der Waals surface area contributed by atoms with Crippen molar-refractivity contribution in [1.82, 2.24) is 4.98 Å². The molecule has 0 saturated heterocycles. The standard InChI is InChI=1S/C24H21FN2O2S/c1-15-11-14-21(30-15)22-16(2)27(29)23(18-9-6-10-19(25)24(18)28)20(26-22)13-12-17-7-4-3-5-8-17/h3-11,14,28H,12-13H2,1-2H3. The Morgan fingerprint density at radius 1 is 1.00 bits per heavy atom. The van der Waals surface area contributed by atoms with Crippen LogP contribution in [0.1, 0.15) is 21.8 Å². The summed E-state index contributed by atoms with van der Waals surface area (Å²) in [6.07, 6.45) is 1.15. The normalized spacial score (nSPS) is 11.0. The van der Waals surface area contributed by atoms with Gasteiger partial charge in [-0.3, -0.25) is 0 Å². The molecule has 1 N–H and O–H groups in total. The quantitative estimate of drug-likeness (QED) is 0.349. The summed E-state index contributed by atoms with van der Waals surface area (Å²) in [5.41, 5.74) is 3.02. The third kappa shape index (κ3) is 3.78. The number of phenols is 1. The van der Waals surface area contributed by atoms with Gasteiger partial charge in [-0.05, 0) is 43.2 Å². The van der Waals surface area contributed by atoms with E-state index in [1.54, 1.807) is 24.3 Å². The van der Waals surface area contributed by atoms with Gasteiger partial charge in [-0.1, -0.05) is 36.4 Å². The number of aromatic hydroxyl groups is 1. The number of aromatic nitrogens is 2. The lowest BCUT2D eigenvalue weighted by molar-refractivity contribution is -0.601. The molecule has 4 aromatic rings. The van der Waals surface area contributed by atoms with Crippen LogP contribution in [0, 0.1) is 24.9 Å². The fourth-order valence-electron chi connectivity index (χ4n) is 3.50. The van der Waals surface area contributed by atoms with E-state index in [1.165, 1.54) is 12.1 Å². The number of rotatable bonds is 5. The smallest absolute Gasteiger partial charge is 0.249 e. The van der Waals surface area contributed by atoms with E-state index in [-0.39, 0.29) is 11.3 Å². The predicted octanol–water partition coefficient (Wildman–Crippen LogP) is 5.36. The van der Waals surface area contributed by atoms with Crippen LogP contribution in [0.2, 0.25) is 0 Å². The van der Waals surface area contributed by atoms with Crippen molar-refractivity contribution in [1.29, 1.82) is 0 Å². The fourth-order valence-corrected chi connectivity index (χ4v) is 4.41. The van der Waals surface area contributed by atoms with Crippen LogP contribution < -0.4 is 4.73 Å². The Kier molecular flexibility index (Phi) is 5.50. The van der Waals surface area contributed by atoms with Crippen molar-refractivity contribution in [2.45, 2.75) is 26.7 Å². The van der Waals surface area contributed by atoms with E-state index >= 15 is 0 Å². The van der Waals surface area contributed by atoms with Gasteiger partial charge in [-0.15, -0.1) is 11.3 Å². The zero-order valence-corrected chi connectivity index (χ0v) is 17.5. The number of hydrogen-bond donors (Lipinski definition) is 1. The molecule has 0 aliphatic rings. The molecule has 0 unspecified atom stereocenters. The van der Waals surface area contributed by atoms with E-state index in [4.69, 9.17) is 4.98 Å². The van der Waals surface area contributed by atoms with Gasteiger partial charge in [0.25, 0.3) is 0 Å². The summed E-state index contributed by atoms with van der Waals surface area (Å²) < 4.78 is 14.8. The second kappa shape index (κ2) is 8.24. The predicted molar refractivity (Wildman–Crippen MR) is 117 cm³/mol. The Morgan fingerprint density at radius 2 is 1.77 bits per heavy atom. The van der Waals surface area contributed by atoms with Crippen LogP contribution >= 0.6 is 11.3 Å². The molecule has 2 aromatic heterocycles. The second-order valence-corrected chi connectivity index (χ2v) is 8.46. The first kappa shape index (κ1) is 20.0. The molecule has 0 spiro atoms. The molecule has 0 amide bonds. The lowest BCUT2D eigenvalue weighted by Gasteiger charge is -2.15. The van der Waals surface area contributed by atoms with Gasteiger partial charge in [0.15, 0.2) is 11.6 Å². The van der Waals surface area contributed by atoms with Crippen LogP contribution in [0.15, 0.2) is 60.7 Å². The maximum atomic E-state index is 14.0. The molecular weight excluding hydrogens is 399 g/mol. The summed E-state index contributed by atoms with van der Waals surface area (Å²) in [5.74, 6) is -1.30. The molecule has 0 atom stereocenters. The number of nitrogens with zero attached hydrogens (tertiary/aromatic N) is 2. The first-order valence-corrected chi connectivity index (χ1v) is 10.5. The maximum Gasteiger partial charge on any atom is 0.249 e. The topological polar surface area (TPSA) is 60.1 Å². The molecular formula is C24H21FN2O2S. The van der Waals surface area contributed by atoms with Crippen molar-refractivity contribution in [3.05, 3.63) is 93.5 Å². The molecule has 0 saturated carbocycles. The van der Waals surface area contributed by atoms with Gasteiger partial charge in [0, 0.05) is 18.2 Å². The number of phenolic OH excluding ortho intramolecular Hbond substituents is 1. The van der Waals surface area contributed by atoms with Crippen molar-refractivity contribution < 1.29 is 14.2 Å². The van der Waals surface area contributed by atoms with E-state index in [2.05, 4.69) is 0 Å². The first-order chi connectivity index (χ1) is 14.5. The molecule has 30 heavy (non-hydrogen) atoms. The van der Waals surface area contributed by atoms with Gasteiger partial charge in [0.1, 0.15) is 11.4 Å². The van der Waals surface area contributed by atoms with Crippen molar-refractivity contribution in [3.63, 3.8) is 0 Å². The molecule has 0 aliphatic carbocycles. The van der Waals surface area contributed by atoms with E-state index in [9.17, 15) is 14.7 Å². The summed E-state index contributed by atoms with van der Waals surface area (Å²) in [6.45, 7) is 3.70. The minimum Gasteiger partial charge on any atom is -0.618 e. The van der Waals surface area contributed by atoms with Gasteiger partial charge in [-0.2, -0.15) is 4.73 Å². The zero-order chi connectivity index (χ0) is 21.3. The Labute approximate surface area is 178 Å². The third-order valence-electron chi connectivity index (χ3n) is 5.08. The van der Waals surface area contributed by atoms with Crippen molar-refractivity contribution in [2.75, 3.05) is 0 Å². The largest absolute Gasteiger partial charge is 0.618 e. The molecule has 6 heteroatoms. The Morgan fingerprint density at radius 3 is 2.47 bits per heavy atom. The van der Waals surface area contributed by atoms with Crippen LogP contribution in [-0.4, -0.2) is 10.1 Å². The monoisotopic (exact) mass is 420 g/mol. The van der Waals surface area contributed by atoms with Crippen molar-refractivity contribution >= 4 is 11.3 Å². The molecule has 0 fully saturated rings. The lowest BCUT2D eigenvalue weighted by Crippen LogP contribution is -2.36. The lowest BCUT2D eigenvalue weighted by atomic mass is 10.0. The van der Waals surface area contributed by atoms with Gasteiger partial charge >= 0.3 is 0 Å². The second-order valence-electron chi connectivity index (χ2n) is 7.17. The molecule has 4 nitrogen and oxygen atoms in total. The SMILES string of the molecule is Cc1ccc(-c2nc(CCc3ccccc3)c(-c3cccc(F)c3O)[n+]([O-])c2C)s1. The summed E-state index contributed by atoms with van der Waals surface area (Å²) >= 11 is 1.57. The first-order valence-electron chi connectivity index (χ1n) is 9.67. The average Bonchev–Trinajstić information content (AvgIpc) is 3.18. The molecule has 2 heterocycles. The Bertz CT molecular complexity index is 1210. The number of aryl methyl sites for hydroxylation is 3. The van der Waals surface area contributed by atoms with Gasteiger partial charge in [0.05, 0.1) is 10.4 Å². The van der Waals surface area contributed by atoms with E-state index < -0.39 is 11.6 Å². The summed E-state index contributed by atoms with van der Waals surface area (Å²) in [4.78, 5) is 6.87. The molecule has 0 aliphatic heterocycles. The number of benzene rings is 2. The van der Waals surface area contributed by atoms with E-state index in [1.807, 2.05) is 49.4 Å². The number of hydrogen-bond acceptors (Lipinski definition) is 4. The van der Waals surface area contributed by atoms with Gasteiger partial charge in [-0.25, -0.2) is 9.37 Å². The van der Waals surface area contributed by atoms with Crippen LogP contribution in [0.5, 0.6) is 5.75 Å². The highest BCUT2D eigenvalue weighted by Gasteiger charge is 2.27. The summed E-state index contributed by atoms with van der Waals surface area (Å²) in [6, 6.07) is 18.1. The molecule has 2 aromatic carbocycles. The third-order valence-corrected chi connectivity index (χ3v) is 6.09. The Balaban J connectivity index is 1.89. The highest BCUT2D eigenvalue weighted by atomic mass is 32.1. The summed E-state index contributed by atoms with van der Waals surface area (Å²) in [5, 5.41) is 23.6. The summed E-state index contributed by atoms with van der Waals surface area (Å²) in [7, 11) is 0. The molecule has 0 bridgehead atoms. The van der Waals surface area contributed by atoms with Crippen molar-refractivity contribution in [2.24, 2.45) is 0 Å². The average molecular weight is 421 g/mol. The maximum absolute atomic E-state index is 14.0. The molecule has 4 rings (SSSR count). The van der Waals surface area contributed by atoms with Crippen LogP contribution in [0.25, 0.3) is 21.8 Å². The highest BCUT2D eigenvalue weighted by Crippen LogP contribution is 2.34. The van der Waals surface area contributed by atoms with Crippen LogP contribution in [0.4, 0.5) is 4.39 Å². The zero-order valence-electron chi connectivity index (χ0n) is 16.7. The minimum absolute atomic E-state index is 0.151. The van der Waals surface area contributed by atoms with E-state index in [0.29, 0.717) is 29.9 Å². The molecule has 0 radical (unpaired) electrons. The van der Waals surface area contributed by atoms with Crippen LogP contribution in [0.3, 0.4) is 0 Å². The highest BCUT2D eigenvalue weighted by molar-refractivity contribution is 7.15. The van der Waals surface area contributed by atoms with Gasteiger partial charge < -0.3 is 10.3 Å². The van der Waals surface area contributed by atoms with E-state index in [0.717, 1.165) is 20.0 Å². The van der Waals surface area contributed by atoms with Crippen molar-refractivity contribution in [3.8, 4) is 27.6 Å². The minimum atomic E-state index is -0.767.